The van der Waals surface area contributed by atoms with Crippen LogP contribution in [0.2, 0.25) is 0 Å². The summed E-state index contributed by atoms with van der Waals surface area (Å²) in [6.45, 7) is 4.53. The highest BCUT2D eigenvalue weighted by molar-refractivity contribution is 5.52. The number of nitrogens with zero attached hydrogens (tertiary/aromatic N) is 2. The molecule has 0 aliphatic carbocycles. The number of benzene rings is 2. The fraction of sp³-hybridized carbons (Fsp3) is 0.263. The Morgan fingerprint density at radius 2 is 1.88 bits per heavy atom. The van der Waals surface area contributed by atoms with Crippen molar-refractivity contribution in [2.24, 2.45) is 0 Å². The summed E-state index contributed by atoms with van der Waals surface area (Å²) in [6.07, 6.45) is 0.467. The minimum absolute atomic E-state index is 0.361. The van der Waals surface area contributed by atoms with Gasteiger partial charge in [0.15, 0.2) is 11.5 Å². The summed E-state index contributed by atoms with van der Waals surface area (Å²) in [7, 11) is 1.62. The van der Waals surface area contributed by atoms with Crippen LogP contribution in [0.25, 0.3) is 0 Å². The Morgan fingerprint density at radius 3 is 2.60 bits per heavy atom. The maximum atomic E-state index is 5.71. The molecule has 6 heteroatoms. The summed E-state index contributed by atoms with van der Waals surface area (Å²) in [5, 5.41) is 11.3. The van der Waals surface area contributed by atoms with Crippen molar-refractivity contribution in [2.45, 2.75) is 20.3 Å². The lowest BCUT2D eigenvalue weighted by atomic mass is 10.1. The Hall–Kier alpha value is -3.02. The van der Waals surface area contributed by atoms with Gasteiger partial charge >= 0.3 is 6.01 Å². The molecule has 0 saturated carbocycles. The number of anilines is 2. The van der Waals surface area contributed by atoms with Crippen molar-refractivity contribution in [3.8, 4) is 11.5 Å². The zero-order valence-corrected chi connectivity index (χ0v) is 14.6. The van der Waals surface area contributed by atoms with E-state index < -0.39 is 0 Å². The van der Waals surface area contributed by atoms with Gasteiger partial charge in [0.2, 0.25) is 5.89 Å². The average molecular weight is 339 g/mol. The van der Waals surface area contributed by atoms with Crippen molar-refractivity contribution in [1.29, 1.82) is 0 Å². The molecule has 0 radical (unpaired) electrons. The molecule has 0 aliphatic rings. The van der Waals surface area contributed by atoms with E-state index in [9.17, 15) is 0 Å². The van der Waals surface area contributed by atoms with E-state index in [0.29, 0.717) is 36.4 Å². The number of aryl methyl sites for hydroxylation is 1. The highest BCUT2D eigenvalue weighted by atomic mass is 16.5. The van der Waals surface area contributed by atoms with Crippen molar-refractivity contribution in [1.82, 2.24) is 10.2 Å². The monoisotopic (exact) mass is 339 g/mol. The van der Waals surface area contributed by atoms with Gasteiger partial charge in [-0.25, -0.2) is 0 Å². The van der Waals surface area contributed by atoms with Crippen LogP contribution in [0.4, 0.5) is 11.7 Å². The third-order valence-corrected chi connectivity index (χ3v) is 3.68. The summed E-state index contributed by atoms with van der Waals surface area (Å²) in [5.41, 5.74) is 3.03. The number of rotatable bonds is 7. The zero-order valence-electron chi connectivity index (χ0n) is 14.6. The van der Waals surface area contributed by atoms with Crippen molar-refractivity contribution < 1.29 is 13.9 Å². The molecule has 0 saturated heterocycles. The van der Waals surface area contributed by atoms with Crippen LogP contribution in [0.3, 0.4) is 0 Å². The van der Waals surface area contributed by atoms with Gasteiger partial charge in [0.05, 0.1) is 20.1 Å². The Morgan fingerprint density at radius 1 is 1.08 bits per heavy atom. The molecule has 0 bridgehead atoms. The predicted molar refractivity (Wildman–Crippen MR) is 95.7 cm³/mol. The van der Waals surface area contributed by atoms with Crippen molar-refractivity contribution in [3.63, 3.8) is 0 Å². The first-order valence-electron chi connectivity index (χ1n) is 8.14. The third-order valence-electron chi connectivity index (χ3n) is 3.68. The first kappa shape index (κ1) is 16.8. The Bertz CT molecular complexity index is 828. The van der Waals surface area contributed by atoms with Crippen LogP contribution in [0.15, 0.2) is 46.9 Å². The predicted octanol–water partition coefficient (Wildman–Crippen LogP) is 4.12. The lowest BCUT2D eigenvalue weighted by molar-refractivity contribution is 0.307. The maximum absolute atomic E-state index is 5.71. The minimum atomic E-state index is 0.361. The first-order chi connectivity index (χ1) is 12.2. The van der Waals surface area contributed by atoms with E-state index in [1.54, 1.807) is 7.11 Å². The second kappa shape index (κ2) is 7.70. The quantitative estimate of drug-likeness (QED) is 0.698. The highest BCUT2D eigenvalue weighted by Gasteiger charge is 2.14. The third kappa shape index (κ3) is 4.09. The number of aromatic nitrogens is 2. The van der Waals surface area contributed by atoms with E-state index in [2.05, 4.69) is 15.5 Å². The smallest absolute Gasteiger partial charge is 0.320 e. The Kier molecular flexibility index (Phi) is 5.18. The fourth-order valence-corrected chi connectivity index (χ4v) is 2.47. The number of methoxy groups -OCH3 is 1. The summed E-state index contributed by atoms with van der Waals surface area (Å²) >= 11 is 0. The number of nitrogens with one attached hydrogen (secondary N) is 1. The van der Waals surface area contributed by atoms with Crippen molar-refractivity contribution in [2.75, 3.05) is 19.0 Å². The number of hydrogen-bond acceptors (Lipinski definition) is 6. The number of para-hydroxylation sites is 1. The van der Waals surface area contributed by atoms with Crippen LogP contribution in [0.1, 0.15) is 23.9 Å². The van der Waals surface area contributed by atoms with Crippen LogP contribution in [0.5, 0.6) is 11.5 Å². The maximum Gasteiger partial charge on any atom is 0.320 e. The van der Waals surface area contributed by atoms with Gasteiger partial charge in [-0.05, 0) is 32.0 Å². The summed E-state index contributed by atoms with van der Waals surface area (Å²) < 4.78 is 16.8. The highest BCUT2D eigenvalue weighted by Crippen LogP contribution is 2.32. The molecule has 0 aliphatic heterocycles. The molecule has 1 heterocycles. The largest absolute Gasteiger partial charge is 0.493 e. The Labute approximate surface area is 146 Å². The van der Waals surface area contributed by atoms with E-state index in [1.165, 1.54) is 5.56 Å². The van der Waals surface area contributed by atoms with E-state index in [4.69, 9.17) is 13.9 Å². The molecule has 0 spiro atoms. The van der Waals surface area contributed by atoms with E-state index in [0.717, 1.165) is 11.3 Å². The van der Waals surface area contributed by atoms with Crippen LogP contribution in [-0.4, -0.2) is 23.9 Å². The Balaban J connectivity index is 1.76. The lowest BCUT2D eigenvalue weighted by Crippen LogP contribution is -2.00. The van der Waals surface area contributed by atoms with E-state index in [-0.39, 0.29) is 0 Å². The van der Waals surface area contributed by atoms with Crippen molar-refractivity contribution in [3.05, 3.63) is 59.5 Å². The molecule has 3 rings (SSSR count). The molecule has 0 unspecified atom stereocenters. The van der Waals surface area contributed by atoms with Crippen LogP contribution < -0.4 is 14.8 Å². The second-order valence-corrected chi connectivity index (χ2v) is 5.55. The van der Waals surface area contributed by atoms with Gasteiger partial charge < -0.3 is 19.2 Å². The van der Waals surface area contributed by atoms with Crippen LogP contribution in [-0.2, 0) is 6.42 Å². The van der Waals surface area contributed by atoms with Gasteiger partial charge in [0.25, 0.3) is 0 Å². The first-order valence-corrected chi connectivity index (χ1v) is 8.14. The molecule has 0 fully saturated rings. The molecular formula is C19H21N3O3. The molecule has 130 valence electrons. The number of ether oxygens (including phenoxy) is 2. The minimum Gasteiger partial charge on any atom is -0.493 e. The second-order valence-electron chi connectivity index (χ2n) is 5.55. The van der Waals surface area contributed by atoms with Gasteiger partial charge in [0, 0.05) is 11.3 Å². The topological polar surface area (TPSA) is 69.4 Å². The lowest BCUT2D eigenvalue weighted by Gasteiger charge is -2.12. The van der Waals surface area contributed by atoms with Gasteiger partial charge in [-0.3, -0.25) is 0 Å². The molecule has 6 nitrogen and oxygen atoms in total. The van der Waals surface area contributed by atoms with Crippen LogP contribution in [0, 0.1) is 6.92 Å². The van der Waals surface area contributed by atoms with Crippen molar-refractivity contribution >= 4 is 11.7 Å². The number of hydrogen-bond donors (Lipinski definition) is 1. The summed E-state index contributed by atoms with van der Waals surface area (Å²) in [4.78, 5) is 0. The molecule has 1 aromatic heterocycles. The summed E-state index contributed by atoms with van der Waals surface area (Å²) in [5.74, 6) is 1.90. The van der Waals surface area contributed by atoms with Gasteiger partial charge in [-0.2, -0.15) is 0 Å². The zero-order chi connectivity index (χ0) is 17.6. The molecule has 25 heavy (non-hydrogen) atoms. The fourth-order valence-electron chi connectivity index (χ4n) is 2.47. The molecule has 2 aromatic carbocycles. The van der Waals surface area contributed by atoms with E-state index >= 15 is 0 Å². The molecule has 1 N–H and O–H groups in total. The standard InChI is InChI=1S/C19H21N3O3/c1-4-24-18-14(6-5-7-16(18)23-3)12-17-21-22-19(25-17)20-15-10-8-13(2)9-11-15/h5-11H,4,12H2,1-3H3,(H,20,22). The average Bonchev–Trinajstić information content (AvgIpc) is 3.05. The SMILES string of the molecule is CCOc1c(Cc2nnc(Nc3ccc(C)cc3)o2)cccc1OC. The van der Waals surface area contributed by atoms with Crippen LogP contribution >= 0.6 is 0 Å². The normalized spacial score (nSPS) is 10.5. The molecular weight excluding hydrogens is 318 g/mol. The molecule has 3 aromatic rings. The summed E-state index contributed by atoms with van der Waals surface area (Å²) in [6, 6.07) is 14.1. The van der Waals surface area contributed by atoms with Gasteiger partial charge in [-0.1, -0.05) is 34.9 Å². The van der Waals surface area contributed by atoms with Gasteiger partial charge in [0.1, 0.15) is 0 Å². The molecule has 0 atom stereocenters. The molecule has 0 amide bonds. The van der Waals surface area contributed by atoms with E-state index in [1.807, 2.05) is 56.3 Å². The van der Waals surface area contributed by atoms with Gasteiger partial charge in [-0.15, -0.1) is 5.10 Å².